The Morgan fingerprint density at radius 3 is 2.72 bits per heavy atom. The summed E-state index contributed by atoms with van der Waals surface area (Å²) in [6, 6.07) is 14.0. The molecule has 2 atom stereocenters. The Morgan fingerprint density at radius 1 is 1.16 bits per heavy atom. The average molecular weight is 362 g/mol. The van der Waals surface area contributed by atoms with Crippen LogP contribution in [-0.4, -0.2) is 30.9 Å². The van der Waals surface area contributed by atoms with Crippen LogP contribution in [0.4, 0.5) is 5.69 Å². The Hall–Kier alpha value is -2.11. The van der Waals surface area contributed by atoms with Gasteiger partial charge in [-0.15, -0.1) is 12.4 Å². The van der Waals surface area contributed by atoms with E-state index in [2.05, 4.69) is 22.9 Å². The second kappa shape index (κ2) is 8.83. The molecule has 1 saturated heterocycles. The van der Waals surface area contributed by atoms with Crippen LogP contribution >= 0.6 is 12.4 Å². The summed E-state index contributed by atoms with van der Waals surface area (Å²) in [4.78, 5) is 24.4. The van der Waals surface area contributed by atoms with Crippen LogP contribution in [0.3, 0.4) is 0 Å². The van der Waals surface area contributed by atoms with Crippen molar-refractivity contribution < 1.29 is 9.59 Å². The van der Waals surface area contributed by atoms with Crippen LogP contribution in [0.25, 0.3) is 10.8 Å². The Bertz CT molecular complexity index is 745. The van der Waals surface area contributed by atoms with E-state index in [1.807, 2.05) is 42.5 Å². The predicted octanol–water partition coefficient (Wildman–Crippen LogP) is 2.70. The molecule has 2 aromatic rings. The smallest absolute Gasteiger partial charge is 0.243 e. The van der Waals surface area contributed by atoms with E-state index in [9.17, 15) is 9.59 Å². The zero-order valence-corrected chi connectivity index (χ0v) is 15.1. The number of amides is 2. The highest BCUT2D eigenvalue weighted by Gasteiger charge is 2.24. The average Bonchev–Trinajstić information content (AvgIpc) is 2.60. The van der Waals surface area contributed by atoms with Crippen molar-refractivity contribution in [3.8, 4) is 0 Å². The van der Waals surface area contributed by atoms with E-state index in [1.165, 1.54) is 0 Å². The molecule has 0 bridgehead atoms. The Kier molecular flexibility index (Phi) is 6.79. The largest absolute Gasteiger partial charge is 0.347 e. The summed E-state index contributed by atoms with van der Waals surface area (Å²) in [7, 11) is 0. The van der Waals surface area contributed by atoms with E-state index in [1.54, 1.807) is 0 Å². The van der Waals surface area contributed by atoms with Crippen molar-refractivity contribution in [1.82, 2.24) is 10.6 Å². The van der Waals surface area contributed by atoms with Crippen LogP contribution in [0, 0.1) is 5.92 Å². The van der Waals surface area contributed by atoms with Gasteiger partial charge in [0.25, 0.3) is 0 Å². The highest BCUT2D eigenvalue weighted by molar-refractivity contribution is 6.03. The van der Waals surface area contributed by atoms with Gasteiger partial charge < -0.3 is 16.0 Å². The molecule has 25 heavy (non-hydrogen) atoms. The van der Waals surface area contributed by atoms with Crippen molar-refractivity contribution in [2.45, 2.75) is 25.8 Å². The van der Waals surface area contributed by atoms with Gasteiger partial charge in [0.15, 0.2) is 0 Å². The molecule has 1 fully saturated rings. The van der Waals surface area contributed by atoms with Crippen molar-refractivity contribution in [3.63, 3.8) is 0 Å². The number of rotatable bonds is 4. The third-order valence-electron chi connectivity index (χ3n) is 4.48. The maximum absolute atomic E-state index is 12.2. The number of halogens is 1. The van der Waals surface area contributed by atoms with Gasteiger partial charge in [0.1, 0.15) is 0 Å². The second-order valence-corrected chi connectivity index (χ2v) is 6.37. The fourth-order valence-corrected chi connectivity index (χ4v) is 3.21. The molecule has 1 aliphatic heterocycles. The molecule has 2 amide bonds. The minimum atomic E-state index is -0.207. The first-order valence-corrected chi connectivity index (χ1v) is 8.42. The van der Waals surface area contributed by atoms with E-state index in [4.69, 9.17) is 0 Å². The number of carbonyl (C=O) groups excluding carboxylic acids is 2. The fourth-order valence-electron chi connectivity index (χ4n) is 3.21. The molecule has 0 aromatic heterocycles. The van der Waals surface area contributed by atoms with Crippen LogP contribution in [0.5, 0.6) is 0 Å². The molecule has 0 saturated carbocycles. The third-order valence-corrected chi connectivity index (χ3v) is 4.48. The molecular weight excluding hydrogens is 338 g/mol. The van der Waals surface area contributed by atoms with Crippen molar-refractivity contribution in [2.75, 3.05) is 18.4 Å². The topological polar surface area (TPSA) is 70.2 Å². The Morgan fingerprint density at radius 2 is 1.92 bits per heavy atom. The molecule has 3 N–H and O–H groups in total. The van der Waals surface area contributed by atoms with Crippen LogP contribution in [0.15, 0.2) is 42.5 Å². The van der Waals surface area contributed by atoms with Gasteiger partial charge in [-0.05, 0) is 37.8 Å². The summed E-state index contributed by atoms with van der Waals surface area (Å²) in [6.45, 7) is 2.93. The number of nitrogens with one attached hydrogen (secondary N) is 3. The number of hydrogen-bond donors (Lipinski definition) is 3. The van der Waals surface area contributed by atoms with E-state index >= 15 is 0 Å². The number of piperidine rings is 1. The highest BCUT2D eigenvalue weighted by Crippen LogP contribution is 2.22. The van der Waals surface area contributed by atoms with E-state index in [0.717, 1.165) is 35.8 Å². The monoisotopic (exact) mass is 361 g/mol. The van der Waals surface area contributed by atoms with Gasteiger partial charge in [-0.3, -0.25) is 9.59 Å². The first-order chi connectivity index (χ1) is 11.6. The molecule has 0 spiro atoms. The molecular formula is C19H24ClN3O2. The third kappa shape index (κ3) is 4.94. The van der Waals surface area contributed by atoms with E-state index < -0.39 is 0 Å². The maximum atomic E-state index is 12.2. The summed E-state index contributed by atoms with van der Waals surface area (Å²) in [5.41, 5.74) is 0.767. The Labute approximate surface area is 154 Å². The SMILES string of the molecule is C[C@H]1C[C@@H](C(=O)NCC(=O)Nc2cccc3ccccc23)CCN1.Cl. The van der Waals surface area contributed by atoms with Gasteiger partial charge >= 0.3 is 0 Å². The minimum Gasteiger partial charge on any atom is -0.347 e. The number of carbonyl (C=O) groups is 2. The van der Waals surface area contributed by atoms with Gasteiger partial charge in [0.2, 0.25) is 11.8 Å². The standard InChI is InChI=1S/C19H23N3O2.ClH/c1-13-11-15(9-10-20-13)19(24)21-12-18(23)22-17-8-4-6-14-5-2-3-7-16(14)17;/h2-8,13,15,20H,9-12H2,1H3,(H,21,24)(H,22,23);1H/t13-,15-;/m0./s1. The van der Waals surface area contributed by atoms with Gasteiger partial charge in [-0.1, -0.05) is 36.4 Å². The van der Waals surface area contributed by atoms with Crippen molar-refractivity contribution in [3.05, 3.63) is 42.5 Å². The Balaban J connectivity index is 0.00000225. The lowest BCUT2D eigenvalue weighted by molar-refractivity contribution is -0.128. The first-order valence-electron chi connectivity index (χ1n) is 8.42. The van der Waals surface area contributed by atoms with Crippen molar-refractivity contribution >= 4 is 40.7 Å². The summed E-state index contributed by atoms with van der Waals surface area (Å²) >= 11 is 0. The van der Waals surface area contributed by atoms with Gasteiger partial charge in [0, 0.05) is 23.0 Å². The van der Waals surface area contributed by atoms with Crippen LogP contribution in [0.2, 0.25) is 0 Å². The predicted molar refractivity (Wildman–Crippen MR) is 103 cm³/mol. The van der Waals surface area contributed by atoms with Crippen LogP contribution in [-0.2, 0) is 9.59 Å². The van der Waals surface area contributed by atoms with Crippen LogP contribution < -0.4 is 16.0 Å². The highest BCUT2D eigenvalue weighted by atomic mass is 35.5. The minimum absolute atomic E-state index is 0. The molecule has 1 aliphatic rings. The fraction of sp³-hybridized carbons (Fsp3) is 0.368. The molecule has 2 aromatic carbocycles. The van der Waals surface area contributed by atoms with Gasteiger partial charge in [-0.2, -0.15) is 0 Å². The lowest BCUT2D eigenvalue weighted by atomic mass is 9.92. The number of anilines is 1. The van der Waals surface area contributed by atoms with Gasteiger partial charge in [0.05, 0.1) is 6.54 Å². The lowest BCUT2D eigenvalue weighted by Crippen LogP contribution is -2.44. The molecule has 5 nitrogen and oxygen atoms in total. The molecule has 0 aliphatic carbocycles. The number of fused-ring (bicyclic) bond motifs is 1. The zero-order valence-electron chi connectivity index (χ0n) is 14.2. The second-order valence-electron chi connectivity index (χ2n) is 6.37. The van der Waals surface area contributed by atoms with Crippen molar-refractivity contribution in [2.24, 2.45) is 5.92 Å². The van der Waals surface area contributed by atoms with Crippen LogP contribution in [0.1, 0.15) is 19.8 Å². The summed E-state index contributed by atoms with van der Waals surface area (Å²) in [6.07, 6.45) is 1.64. The molecule has 6 heteroatoms. The summed E-state index contributed by atoms with van der Waals surface area (Å²) in [5.74, 6) is -0.246. The summed E-state index contributed by atoms with van der Waals surface area (Å²) < 4.78 is 0. The first kappa shape index (κ1) is 19.2. The maximum Gasteiger partial charge on any atom is 0.243 e. The van der Waals surface area contributed by atoms with E-state index in [-0.39, 0.29) is 36.7 Å². The lowest BCUT2D eigenvalue weighted by Gasteiger charge is -2.27. The van der Waals surface area contributed by atoms with Crippen molar-refractivity contribution in [1.29, 1.82) is 0 Å². The summed E-state index contributed by atoms with van der Waals surface area (Å²) in [5, 5.41) is 11.0. The number of hydrogen-bond acceptors (Lipinski definition) is 3. The molecule has 0 unspecified atom stereocenters. The molecule has 0 radical (unpaired) electrons. The normalized spacial score (nSPS) is 19.7. The number of benzene rings is 2. The molecule has 3 rings (SSSR count). The van der Waals surface area contributed by atoms with E-state index in [0.29, 0.717) is 6.04 Å². The quantitative estimate of drug-likeness (QED) is 0.784. The van der Waals surface area contributed by atoms with Gasteiger partial charge in [-0.25, -0.2) is 0 Å². The molecule has 134 valence electrons. The molecule has 1 heterocycles. The zero-order chi connectivity index (χ0) is 16.9.